The highest BCUT2D eigenvalue weighted by Gasteiger charge is 1.86. The number of carbonyl (C=O) groups is 1. The molecule has 0 aliphatic carbocycles. The van der Waals surface area contributed by atoms with Crippen LogP contribution in [0.2, 0.25) is 0 Å². The van der Waals surface area contributed by atoms with Crippen LogP contribution in [0.15, 0.2) is 18.3 Å². The summed E-state index contributed by atoms with van der Waals surface area (Å²) in [6.45, 7) is 0.336. The third-order valence-electron chi connectivity index (χ3n) is 0.757. The molecule has 1 aromatic heterocycles. The minimum Gasteiger partial charge on any atom is -0.410 e. The van der Waals surface area contributed by atoms with Gasteiger partial charge in [0.05, 0.1) is 0 Å². The first-order valence-electron chi connectivity index (χ1n) is 2.36. The van der Waals surface area contributed by atoms with Gasteiger partial charge in [0.2, 0.25) is 5.88 Å². The first-order chi connectivity index (χ1) is 4.43. The zero-order chi connectivity index (χ0) is 6.53. The molecular formula is C6H4NO2. The van der Waals surface area contributed by atoms with Crippen molar-refractivity contribution in [3.05, 3.63) is 24.4 Å². The van der Waals surface area contributed by atoms with Crippen LogP contribution >= 0.6 is 0 Å². The molecule has 0 spiro atoms. The van der Waals surface area contributed by atoms with E-state index in [1.54, 1.807) is 12.1 Å². The van der Waals surface area contributed by atoms with Gasteiger partial charge in [-0.2, -0.15) is 0 Å². The summed E-state index contributed by atoms with van der Waals surface area (Å²) in [5, 5.41) is 0. The van der Waals surface area contributed by atoms with Gasteiger partial charge in [-0.3, -0.25) is 4.79 Å². The van der Waals surface area contributed by atoms with Crippen LogP contribution in [0.5, 0.6) is 5.88 Å². The van der Waals surface area contributed by atoms with Crippen LogP contribution in [0.1, 0.15) is 0 Å². The number of carbonyl (C=O) groups excluding carboxylic acids is 1. The number of nitrogens with zero attached hydrogens (tertiary/aromatic N) is 1. The molecule has 1 rings (SSSR count). The van der Waals surface area contributed by atoms with Gasteiger partial charge in [-0.05, 0) is 6.07 Å². The molecule has 0 unspecified atom stereocenters. The van der Waals surface area contributed by atoms with Crippen LogP contribution in [-0.2, 0) is 4.79 Å². The Balaban J connectivity index is 2.72. The quantitative estimate of drug-likeness (QED) is 0.533. The first kappa shape index (κ1) is 5.75. The smallest absolute Gasteiger partial charge is 0.299 e. The van der Waals surface area contributed by atoms with E-state index in [2.05, 4.69) is 15.8 Å². The van der Waals surface area contributed by atoms with E-state index in [-0.39, 0.29) is 0 Å². The zero-order valence-electron chi connectivity index (χ0n) is 4.57. The van der Waals surface area contributed by atoms with Gasteiger partial charge in [-0.25, -0.2) is 4.98 Å². The molecule has 1 aromatic rings. The molecule has 0 atom stereocenters. The van der Waals surface area contributed by atoms with Crippen molar-refractivity contribution in [1.82, 2.24) is 4.98 Å². The summed E-state index contributed by atoms with van der Waals surface area (Å²) in [4.78, 5) is 13.4. The maximum atomic E-state index is 9.70. The average molecular weight is 122 g/mol. The van der Waals surface area contributed by atoms with Gasteiger partial charge in [0, 0.05) is 18.3 Å². The van der Waals surface area contributed by atoms with E-state index >= 15 is 0 Å². The number of aromatic nitrogens is 1. The summed E-state index contributed by atoms with van der Waals surface area (Å²) in [6, 6.07) is 5.85. The van der Waals surface area contributed by atoms with Crippen LogP contribution in [-0.4, -0.2) is 11.5 Å². The van der Waals surface area contributed by atoms with Crippen LogP contribution in [0.3, 0.4) is 0 Å². The molecule has 3 nitrogen and oxygen atoms in total. The summed E-state index contributed by atoms with van der Waals surface area (Å²) >= 11 is 0. The number of hydrogen-bond acceptors (Lipinski definition) is 3. The van der Waals surface area contributed by atoms with E-state index in [0.717, 1.165) is 0 Å². The lowest BCUT2D eigenvalue weighted by Crippen LogP contribution is -1.89. The molecule has 0 aromatic carbocycles. The maximum Gasteiger partial charge on any atom is 0.299 e. The fourth-order valence-electron chi connectivity index (χ4n) is 0.425. The second-order valence-corrected chi connectivity index (χ2v) is 1.31. The Morgan fingerprint density at radius 3 is 3.22 bits per heavy atom. The molecule has 45 valence electrons. The van der Waals surface area contributed by atoms with Crippen LogP contribution in [0, 0.1) is 6.07 Å². The zero-order valence-corrected chi connectivity index (χ0v) is 4.57. The molecule has 3 heteroatoms. The van der Waals surface area contributed by atoms with Gasteiger partial charge >= 0.3 is 0 Å². The van der Waals surface area contributed by atoms with Crippen LogP contribution in [0.4, 0.5) is 0 Å². The fourth-order valence-corrected chi connectivity index (χ4v) is 0.425. The van der Waals surface area contributed by atoms with E-state index in [4.69, 9.17) is 0 Å². The molecule has 0 aliphatic heterocycles. The molecule has 0 bridgehead atoms. The predicted octanol–water partition coefficient (Wildman–Crippen LogP) is 0.417. The first-order valence-corrected chi connectivity index (χ1v) is 2.36. The minimum absolute atomic E-state index is 0.295. The molecule has 1 radical (unpaired) electrons. The van der Waals surface area contributed by atoms with Gasteiger partial charge in [-0.15, -0.1) is 0 Å². The lowest BCUT2D eigenvalue weighted by molar-refractivity contribution is -0.120. The second kappa shape index (κ2) is 2.81. The fraction of sp³-hybridized carbons (Fsp3) is 0. The van der Waals surface area contributed by atoms with Gasteiger partial charge in [0.1, 0.15) is 0 Å². The third-order valence-corrected chi connectivity index (χ3v) is 0.757. The normalized spacial score (nSPS) is 8.44. The molecule has 0 amide bonds. The highest BCUT2D eigenvalue weighted by Crippen LogP contribution is 1.99. The van der Waals surface area contributed by atoms with E-state index < -0.39 is 0 Å². The molecule has 9 heavy (non-hydrogen) atoms. The van der Waals surface area contributed by atoms with E-state index in [0.29, 0.717) is 12.4 Å². The molecule has 0 N–H and O–H groups in total. The highest BCUT2D eigenvalue weighted by atomic mass is 16.5. The molecule has 1 heterocycles. The average Bonchev–Trinajstić information content (AvgIpc) is 1.91. The highest BCUT2D eigenvalue weighted by molar-refractivity contribution is 5.42. The molecule has 0 saturated heterocycles. The minimum atomic E-state index is 0.295. The summed E-state index contributed by atoms with van der Waals surface area (Å²) in [6.07, 6.45) is 1.43. The Bertz CT molecular complexity index is 186. The Hall–Kier alpha value is -1.38. The maximum absolute atomic E-state index is 9.70. The summed E-state index contributed by atoms with van der Waals surface area (Å²) in [5.74, 6) is 0.295. The van der Waals surface area contributed by atoms with Gasteiger partial charge in [0.15, 0.2) is 0 Å². The van der Waals surface area contributed by atoms with Crippen molar-refractivity contribution in [2.75, 3.05) is 0 Å². The van der Waals surface area contributed by atoms with Gasteiger partial charge in [-0.1, -0.05) is 0 Å². The van der Waals surface area contributed by atoms with Gasteiger partial charge in [0.25, 0.3) is 6.47 Å². The predicted molar refractivity (Wildman–Crippen MR) is 29.8 cm³/mol. The SMILES string of the molecule is O=COc1cc[c]cn1. The standard InChI is InChI=1S/C6H4NO2/c8-5-9-6-3-1-2-4-7-6/h1,3-5H. The van der Waals surface area contributed by atoms with Crippen molar-refractivity contribution in [3.8, 4) is 5.88 Å². The Kier molecular flexibility index (Phi) is 1.80. The van der Waals surface area contributed by atoms with Crippen molar-refractivity contribution in [2.45, 2.75) is 0 Å². The van der Waals surface area contributed by atoms with E-state index in [1.165, 1.54) is 6.20 Å². The van der Waals surface area contributed by atoms with Crippen molar-refractivity contribution in [1.29, 1.82) is 0 Å². The number of pyridine rings is 1. The number of rotatable bonds is 2. The number of hydrogen-bond donors (Lipinski definition) is 0. The third kappa shape index (κ3) is 1.53. The molecule has 0 aliphatic rings. The van der Waals surface area contributed by atoms with E-state index in [1.807, 2.05) is 0 Å². The van der Waals surface area contributed by atoms with Crippen molar-refractivity contribution < 1.29 is 9.53 Å². The lowest BCUT2D eigenvalue weighted by atomic mass is 10.5. The summed E-state index contributed by atoms with van der Waals surface area (Å²) < 4.78 is 4.39. The second-order valence-electron chi connectivity index (χ2n) is 1.31. The monoisotopic (exact) mass is 122 g/mol. The molecular weight excluding hydrogens is 118 g/mol. The largest absolute Gasteiger partial charge is 0.410 e. The van der Waals surface area contributed by atoms with Crippen molar-refractivity contribution in [3.63, 3.8) is 0 Å². The lowest BCUT2D eigenvalue weighted by Gasteiger charge is -1.90. The Morgan fingerprint density at radius 1 is 1.78 bits per heavy atom. The summed E-state index contributed by atoms with van der Waals surface area (Å²) in [7, 11) is 0. The van der Waals surface area contributed by atoms with Crippen molar-refractivity contribution in [2.24, 2.45) is 0 Å². The topological polar surface area (TPSA) is 39.2 Å². The molecule has 0 fully saturated rings. The summed E-state index contributed by atoms with van der Waals surface area (Å²) in [5.41, 5.74) is 0. The number of ether oxygens (including phenoxy) is 1. The van der Waals surface area contributed by atoms with Crippen LogP contribution in [0.25, 0.3) is 0 Å². The Morgan fingerprint density at radius 2 is 2.67 bits per heavy atom. The molecule has 0 saturated carbocycles. The Labute approximate surface area is 52.3 Å². The van der Waals surface area contributed by atoms with Gasteiger partial charge < -0.3 is 4.74 Å². The van der Waals surface area contributed by atoms with Crippen molar-refractivity contribution >= 4 is 6.47 Å². The van der Waals surface area contributed by atoms with E-state index in [9.17, 15) is 4.79 Å². The van der Waals surface area contributed by atoms with Crippen LogP contribution < -0.4 is 4.74 Å².